The van der Waals surface area contributed by atoms with Gasteiger partial charge < -0.3 is 0 Å². The predicted octanol–water partition coefficient (Wildman–Crippen LogP) is 8.38. The van der Waals surface area contributed by atoms with Gasteiger partial charge in [-0.15, -0.1) is 0 Å². The largest absolute Gasteiger partial charge is 0.0654 e. The Hall–Kier alpha value is -1.56. The number of hydrogen-bond donors (Lipinski definition) is 0. The fraction of sp³-hybridized carbons (Fsp3) is 0.520. The average molecular weight is 337 g/mol. The molecule has 0 aliphatic carbocycles. The maximum absolute atomic E-state index is 2.37. The number of rotatable bonds is 12. The highest BCUT2D eigenvalue weighted by molar-refractivity contribution is 5.67. The van der Waals surface area contributed by atoms with Gasteiger partial charge in [0.25, 0.3) is 0 Å². The first-order valence-electron chi connectivity index (χ1n) is 10.5. The van der Waals surface area contributed by atoms with E-state index in [9.17, 15) is 0 Å². The zero-order valence-electron chi connectivity index (χ0n) is 16.3. The minimum absolute atomic E-state index is 0.711. The van der Waals surface area contributed by atoms with Crippen molar-refractivity contribution in [3.63, 3.8) is 0 Å². The molecule has 136 valence electrons. The molecule has 0 aromatic heterocycles. The van der Waals surface area contributed by atoms with Crippen molar-refractivity contribution in [2.75, 3.05) is 0 Å². The lowest BCUT2D eigenvalue weighted by Gasteiger charge is -2.21. The fourth-order valence-electron chi connectivity index (χ4n) is 3.81. The van der Waals surface area contributed by atoms with Gasteiger partial charge in [-0.2, -0.15) is 0 Å². The van der Waals surface area contributed by atoms with Crippen molar-refractivity contribution in [1.29, 1.82) is 0 Å². The molecule has 0 radical (unpaired) electrons. The van der Waals surface area contributed by atoms with E-state index in [0.717, 1.165) is 0 Å². The number of hydrogen-bond acceptors (Lipinski definition) is 0. The molecule has 0 bridgehead atoms. The minimum Gasteiger partial charge on any atom is -0.0654 e. The Labute approximate surface area is 155 Å². The molecule has 0 saturated carbocycles. The topological polar surface area (TPSA) is 0 Å². The minimum atomic E-state index is 0.711. The summed E-state index contributed by atoms with van der Waals surface area (Å²) in [6, 6.07) is 20.0. The Morgan fingerprint density at radius 3 is 1.96 bits per heavy atom. The summed E-state index contributed by atoms with van der Waals surface area (Å²) in [5.41, 5.74) is 4.37. The van der Waals surface area contributed by atoms with E-state index < -0.39 is 0 Å². The fourth-order valence-corrected chi connectivity index (χ4v) is 3.81. The van der Waals surface area contributed by atoms with Crippen LogP contribution in [0.1, 0.15) is 89.5 Å². The lowest BCUT2D eigenvalue weighted by Crippen LogP contribution is -2.02. The smallest absolute Gasteiger partial charge is 0.0149 e. The second kappa shape index (κ2) is 11.9. The van der Waals surface area contributed by atoms with E-state index in [0.29, 0.717) is 5.92 Å². The quantitative estimate of drug-likeness (QED) is 0.341. The second-order valence-corrected chi connectivity index (χ2v) is 7.35. The van der Waals surface area contributed by atoms with Crippen molar-refractivity contribution in [2.24, 2.45) is 0 Å². The van der Waals surface area contributed by atoms with Crippen molar-refractivity contribution < 1.29 is 0 Å². The van der Waals surface area contributed by atoms with E-state index in [-0.39, 0.29) is 0 Å². The van der Waals surface area contributed by atoms with E-state index in [4.69, 9.17) is 0 Å². The third kappa shape index (κ3) is 6.69. The zero-order chi connectivity index (χ0) is 17.7. The summed E-state index contributed by atoms with van der Waals surface area (Å²) in [5.74, 6) is 0.711. The molecular weight excluding hydrogens is 300 g/mol. The molecule has 1 unspecified atom stereocenters. The summed E-state index contributed by atoms with van der Waals surface area (Å²) in [7, 11) is 0. The van der Waals surface area contributed by atoms with Crippen LogP contribution < -0.4 is 0 Å². The van der Waals surface area contributed by atoms with Gasteiger partial charge in [-0.1, -0.05) is 120 Å². The van der Waals surface area contributed by atoms with Gasteiger partial charge in [0.1, 0.15) is 0 Å². The summed E-state index contributed by atoms with van der Waals surface area (Å²) in [5, 5.41) is 0. The molecule has 0 aliphatic heterocycles. The van der Waals surface area contributed by atoms with Gasteiger partial charge >= 0.3 is 0 Å². The van der Waals surface area contributed by atoms with Gasteiger partial charge in [0, 0.05) is 0 Å². The van der Waals surface area contributed by atoms with Crippen molar-refractivity contribution in [3.05, 3.63) is 60.2 Å². The summed E-state index contributed by atoms with van der Waals surface area (Å²) >= 11 is 0. The zero-order valence-corrected chi connectivity index (χ0v) is 16.3. The number of unbranched alkanes of at least 4 members (excludes halogenated alkanes) is 6. The molecule has 0 fully saturated rings. The summed E-state index contributed by atoms with van der Waals surface area (Å²) in [4.78, 5) is 0. The van der Waals surface area contributed by atoms with Crippen LogP contribution in [0, 0.1) is 0 Å². The monoisotopic (exact) mass is 336 g/mol. The van der Waals surface area contributed by atoms with Gasteiger partial charge in [0.05, 0.1) is 0 Å². The SMILES string of the molecule is CCCCCCCCC(CCCC)c1ccccc1-c1ccccc1. The van der Waals surface area contributed by atoms with Crippen LogP contribution in [0.5, 0.6) is 0 Å². The Morgan fingerprint density at radius 2 is 1.20 bits per heavy atom. The first-order valence-corrected chi connectivity index (χ1v) is 10.5. The van der Waals surface area contributed by atoms with Crippen LogP contribution in [-0.2, 0) is 0 Å². The van der Waals surface area contributed by atoms with E-state index >= 15 is 0 Å². The molecule has 0 heteroatoms. The normalized spacial score (nSPS) is 12.2. The molecule has 0 heterocycles. The Morgan fingerprint density at radius 1 is 0.600 bits per heavy atom. The van der Waals surface area contributed by atoms with E-state index in [1.54, 1.807) is 5.56 Å². The van der Waals surface area contributed by atoms with Crippen molar-refractivity contribution in [1.82, 2.24) is 0 Å². The molecule has 25 heavy (non-hydrogen) atoms. The van der Waals surface area contributed by atoms with Crippen molar-refractivity contribution >= 4 is 0 Å². The maximum Gasteiger partial charge on any atom is -0.0149 e. The van der Waals surface area contributed by atoms with Crippen LogP contribution in [0.25, 0.3) is 11.1 Å². The molecule has 1 atom stereocenters. The van der Waals surface area contributed by atoms with E-state index in [2.05, 4.69) is 68.4 Å². The molecule has 2 rings (SSSR count). The first kappa shape index (κ1) is 19.8. The lowest BCUT2D eigenvalue weighted by atomic mass is 9.84. The van der Waals surface area contributed by atoms with Crippen LogP contribution in [0.15, 0.2) is 54.6 Å². The van der Waals surface area contributed by atoms with Crippen LogP contribution >= 0.6 is 0 Å². The molecule has 0 spiro atoms. The highest BCUT2D eigenvalue weighted by Crippen LogP contribution is 2.35. The predicted molar refractivity (Wildman–Crippen MR) is 112 cm³/mol. The lowest BCUT2D eigenvalue weighted by molar-refractivity contribution is 0.502. The highest BCUT2D eigenvalue weighted by atomic mass is 14.2. The Bertz CT molecular complexity index is 570. The molecule has 2 aromatic rings. The van der Waals surface area contributed by atoms with Crippen molar-refractivity contribution in [3.8, 4) is 11.1 Å². The number of benzene rings is 2. The summed E-state index contributed by atoms with van der Waals surface area (Å²) < 4.78 is 0. The molecule has 0 aliphatic rings. The molecule has 0 N–H and O–H groups in total. The van der Waals surface area contributed by atoms with Gasteiger partial charge in [0.2, 0.25) is 0 Å². The van der Waals surface area contributed by atoms with Gasteiger partial charge in [0.15, 0.2) is 0 Å². The third-order valence-electron chi connectivity index (χ3n) is 5.30. The van der Waals surface area contributed by atoms with Gasteiger partial charge in [-0.3, -0.25) is 0 Å². The van der Waals surface area contributed by atoms with Crippen LogP contribution in [0.4, 0.5) is 0 Å². The molecule has 0 nitrogen and oxygen atoms in total. The first-order chi connectivity index (χ1) is 12.4. The maximum atomic E-state index is 2.37. The highest BCUT2D eigenvalue weighted by Gasteiger charge is 2.15. The molecule has 0 amide bonds. The Kier molecular flexibility index (Phi) is 9.41. The second-order valence-electron chi connectivity index (χ2n) is 7.35. The van der Waals surface area contributed by atoms with E-state index in [1.807, 2.05) is 0 Å². The van der Waals surface area contributed by atoms with Crippen LogP contribution in [-0.4, -0.2) is 0 Å². The van der Waals surface area contributed by atoms with Crippen molar-refractivity contribution in [2.45, 2.75) is 84.0 Å². The standard InChI is InChI=1S/C25H36/c1-3-5-7-8-9-11-17-22(16-6-4-2)24-20-14-15-21-25(24)23-18-12-10-13-19-23/h10,12-15,18-22H,3-9,11,16-17H2,1-2H3. The van der Waals surface area contributed by atoms with E-state index in [1.165, 1.54) is 75.3 Å². The third-order valence-corrected chi connectivity index (χ3v) is 5.30. The van der Waals surface area contributed by atoms with Crippen LogP contribution in [0.2, 0.25) is 0 Å². The summed E-state index contributed by atoms with van der Waals surface area (Å²) in [6.45, 7) is 4.60. The average Bonchev–Trinajstić information content (AvgIpc) is 2.67. The molecule has 0 saturated heterocycles. The Balaban J connectivity index is 2.06. The molecular formula is C25H36. The van der Waals surface area contributed by atoms with Gasteiger partial charge in [-0.25, -0.2) is 0 Å². The molecule has 2 aromatic carbocycles. The summed E-state index contributed by atoms with van der Waals surface area (Å²) in [6.07, 6.45) is 13.6. The van der Waals surface area contributed by atoms with Gasteiger partial charge in [-0.05, 0) is 35.4 Å². The van der Waals surface area contributed by atoms with Crippen LogP contribution in [0.3, 0.4) is 0 Å².